The summed E-state index contributed by atoms with van der Waals surface area (Å²) in [6, 6.07) is 0. The van der Waals surface area contributed by atoms with Gasteiger partial charge in [-0.25, -0.2) is 0 Å². The van der Waals surface area contributed by atoms with Crippen LogP contribution in [0.1, 0.15) is 66.2 Å². The molecule has 0 aromatic heterocycles. The van der Waals surface area contributed by atoms with Crippen molar-refractivity contribution in [3.05, 3.63) is 23.8 Å². The molecule has 0 amide bonds. The Morgan fingerprint density at radius 3 is 2.58 bits per heavy atom. The van der Waals surface area contributed by atoms with Crippen molar-refractivity contribution in [1.82, 2.24) is 0 Å². The summed E-state index contributed by atoms with van der Waals surface area (Å²) in [4.78, 5) is 23.3. The van der Waals surface area contributed by atoms with Crippen molar-refractivity contribution in [2.24, 2.45) is 23.2 Å². The molecule has 0 heterocycles. The van der Waals surface area contributed by atoms with Gasteiger partial charge in [0.1, 0.15) is 6.10 Å². The first kappa shape index (κ1) is 25.6. The number of carbonyl (C=O) groups excluding carboxylic acids is 1. The fourth-order valence-electron chi connectivity index (χ4n) is 4.97. The van der Waals surface area contributed by atoms with Gasteiger partial charge in [-0.2, -0.15) is 0 Å². The molecule has 2 aliphatic carbocycles. The first-order valence-corrected chi connectivity index (χ1v) is 11.4. The smallest absolute Gasteiger partial charge is 0.308 e. The number of carboxylic acid groups (broad SMARTS) is 1. The molecule has 31 heavy (non-hydrogen) atoms. The van der Waals surface area contributed by atoms with Crippen LogP contribution in [0.15, 0.2) is 23.8 Å². The number of aliphatic hydroxyl groups is 3. The second-order valence-electron chi connectivity index (χ2n) is 9.49. The molecule has 8 atom stereocenters. The molecule has 0 fully saturated rings. The molecule has 2 rings (SSSR count). The molecule has 0 aromatic carbocycles. The molecule has 4 N–H and O–H groups in total. The molecule has 0 saturated carbocycles. The maximum absolute atomic E-state index is 12.6. The van der Waals surface area contributed by atoms with Gasteiger partial charge in [-0.05, 0) is 43.1 Å². The second kappa shape index (κ2) is 10.7. The number of aliphatic hydroxyl groups excluding tert-OH is 3. The summed E-state index contributed by atoms with van der Waals surface area (Å²) in [5.41, 5.74) is 0.437. The monoisotopic (exact) mass is 438 g/mol. The Balaban J connectivity index is 2.19. The van der Waals surface area contributed by atoms with Crippen molar-refractivity contribution < 1.29 is 34.8 Å². The van der Waals surface area contributed by atoms with Crippen LogP contribution in [-0.2, 0) is 14.3 Å². The van der Waals surface area contributed by atoms with E-state index >= 15 is 0 Å². The molecular formula is C24H38O7. The lowest BCUT2D eigenvalue weighted by atomic mass is 9.56. The minimum Gasteiger partial charge on any atom is -0.481 e. The van der Waals surface area contributed by atoms with Gasteiger partial charge in [-0.15, -0.1) is 0 Å². The lowest BCUT2D eigenvalue weighted by molar-refractivity contribution is -0.165. The predicted octanol–water partition coefficient (Wildman–Crippen LogP) is 2.83. The van der Waals surface area contributed by atoms with E-state index < -0.39 is 42.2 Å². The lowest BCUT2D eigenvalue weighted by Gasteiger charge is -2.51. The Morgan fingerprint density at radius 1 is 1.29 bits per heavy atom. The molecule has 0 aromatic rings. The largest absolute Gasteiger partial charge is 0.481 e. The van der Waals surface area contributed by atoms with E-state index in [1.165, 1.54) is 0 Å². The molecule has 7 heteroatoms. The van der Waals surface area contributed by atoms with Crippen molar-refractivity contribution in [2.75, 3.05) is 0 Å². The first-order chi connectivity index (χ1) is 14.5. The molecule has 0 aliphatic heterocycles. The van der Waals surface area contributed by atoms with Gasteiger partial charge in [-0.1, -0.05) is 45.9 Å². The summed E-state index contributed by atoms with van der Waals surface area (Å²) in [6.45, 7) is 7.92. The highest BCUT2D eigenvalue weighted by Gasteiger charge is 2.51. The standard InChI is InChI=1S/C24H38O7/c1-5-14(2)23(30)31-21-12-18(26)10-16-7-6-15(3)20(24(16,21)4)9-8-17(25)11-19(27)13-22(28)29/h6-7,10,14-15,17-21,25-27H,5,8-9,11-13H2,1-4H3,(H,28,29)/t14-,15-,17?,18+,19-,20-,21-,24-/m0/s1. The summed E-state index contributed by atoms with van der Waals surface area (Å²) in [5, 5.41) is 39.3. The third kappa shape index (κ3) is 6.18. The number of hydrogen-bond donors (Lipinski definition) is 4. The van der Waals surface area contributed by atoms with Gasteiger partial charge in [0.2, 0.25) is 0 Å². The average Bonchev–Trinajstić information content (AvgIpc) is 2.67. The van der Waals surface area contributed by atoms with E-state index in [4.69, 9.17) is 9.84 Å². The number of carboxylic acids is 1. The van der Waals surface area contributed by atoms with Gasteiger partial charge in [0.25, 0.3) is 0 Å². The quantitative estimate of drug-likeness (QED) is 0.387. The Hall–Kier alpha value is -1.70. The summed E-state index contributed by atoms with van der Waals surface area (Å²) < 4.78 is 5.94. The minimum absolute atomic E-state index is 0.00773. The normalized spacial score (nSPS) is 33.1. The lowest BCUT2D eigenvalue weighted by Crippen LogP contribution is -2.51. The van der Waals surface area contributed by atoms with Crippen LogP contribution < -0.4 is 0 Å². The van der Waals surface area contributed by atoms with Crippen molar-refractivity contribution in [1.29, 1.82) is 0 Å². The van der Waals surface area contributed by atoms with Crippen LogP contribution in [-0.4, -0.2) is 56.8 Å². The van der Waals surface area contributed by atoms with Gasteiger partial charge in [-0.3, -0.25) is 9.59 Å². The van der Waals surface area contributed by atoms with E-state index in [0.29, 0.717) is 25.7 Å². The molecule has 0 radical (unpaired) electrons. The second-order valence-corrected chi connectivity index (χ2v) is 9.49. The Morgan fingerprint density at radius 2 is 1.97 bits per heavy atom. The van der Waals surface area contributed by atoms with E-state index in [1.807, 2.05) is 26.0 Å². The number of fused-ring (bicyclic) bond motifs is 1. The molecule has 0 spiro atoms. The van der Waals surface area contributed by atoms with Crippen molar-refractivity contribution >= 4 is 11.9 Å². The summed E-state index contributed by atoms with van der Waals surface area (Å²) >= 11 is 0. The molecular weight excluding hydrogens is 400 g/mol. The number of esters is 1. The fourth-order valence-corrected chi connectivity index (χ4v) is 4.97. The van der Waals surface area contributed by atoms with E-state index in [0.717, 1.165) is 5.57 Å². The summed E-state index contributed by atoms with van der Waals surface area (Å²) in [7, 11) is 0. The molecule has 0 bridgehead atoms. The van der Waals surface area contributed by atoms with Gasteiger partial charge >= 0.3 is 11.9 Å². The number of carbonyl (C=O) groups is 2. The van der Waals surface area contributed by atoms with Crippen LogP contribution in [0.25, 0.3) is 0 Å². The zero-order valence-corrected chi connectivity index (χ0v) is 19.0. The highest BCUT2D eigenvalue weighted by atomic mass is 16.5. The van der Waals surface area contributed by atoms with Crippen LogP contribution in [0, 0.1) is 23.2 Å². The average molecular weight is 439 g/mol. The van der Waals surface area contributed by atoms with Crippen LogP contribution in [0.4, 0.5) is 0 Å². The van der Waals surface area contributed by atoms with E-state index in [9.17, 15) is 24.9 Å². The van der Waals surface area contributed by atoms with Gasteiger partial charge in [0.15, 0.2) is 0 Å². The van der Waals surface area contributed by atoms with Gasteiger partial charge in [0, 0.05) is 11.8 Å². The van der Waals surface area contributed by atoms with E-state index in [1.54, 1.807) is 0 Å². The van der Waals surface area contributed by atoms with E-state index in [-0.39, 0.29) is 30.1 Å². The van der Waals surface area contributed by atoms with Crippen molar-refractivity contribution in [2.45, 2.75) is 90.6 Å². The third-order valence-electron chi connectivity index (χ3n) is 7.14. The molecule has 7 nitrogen and oxygen atoms in total. The van der Waals surface area contributed by atoms with Crippen molar-refractivity contribution in [3.8, 4) is 0 Å². The predicted molar refractivity (Wildman–Crippen MR) is 116 cm³/mol. The molecule has 0 saturated heterocycles. The number of rotatable bonds is 10. The van der Waals surface area contributed by atoms with E-state index in [2.05, 4.69) is 19.9 Å². The van der Waals surface area contributed by atoms with Crippen LogP contribution in [0.2, 0.25) is 0 Å². The fraction of sp³-hybridized carbons (Fsp3) is 0.750. The van der Waals surface area contributed by atoms with Crippen LogP contribution in [0.3, 0.4) is 0 Å². The number of ether oxygens (including phenoxy) is 1. The molecule has 176 valence electrons. The Bertz CT molecular complexity index is 700. The van der Waals surface area contributed by atoms with Gasteiger partial charge < -0.3 is 25.2 Å². The topological polar surface area (TPSA) is 124 Å². The summed E-state index contributed by atoms with van der Waals surface area (Å²) in [6.07, 6.45) is 4.48. The Kier molecular flexibility index (Phi) is 8.86. The highest BCUT2D eigenvalue weighted by Crippen LogP contribution is 2.53. The van der Waals surface area contributed by atoms with Crippen molar-refractivity contribution in [3.63, 3.8) is 0 Å². The Labute approximate surface area is 184 Å². The molecule has 2 aliphatic rings. The number of aliphatic carboxylic acids is 1. The molecule has 1 unspecified atom stereocenters. The minimum atomic E-state index is -1.10. The maximum atomic E-state index is 12.6. The zero-order chi connectivity index (χ0) is 23.3. The zero-order valence-electron chi connectivity index (χ0n) is 19.0. The number of allylic oxidation sites excluding steroid dienone is 2. The first-order valence-electron chi connectivity index (χ1n) is 11.4. The van der Waals surface area contributed by atoms with Gasteiger partial charge in [0.05, 0.1) is 30.7 Å². The highest BCUT2D eigenvalue weighted by molar-refractivity contribution is 5.72. The van der Waals surface area contributed by atoms with Crippen LogP contribution >= 0.6 is 0 Å². The summed E-state index contributed by atoms with van der Waals surface area (Å²) in [5.74, 6) is -1.36. The number of hydrogen-bond acceptors (Lipinski definition) is 6. The maximum Gasteiger partial charge on any atom is 0.308 e. The SMILES string of the molecule is CC[C@H](C)C(=O)O[C@H]1C[C@H](O)C=C2C=C[C@H](C)[C@H](CCC(O)C[C@H](O)CC(=O)O)[C@]21C. The third-order valence-corrected chi connectivity index (χ3v) is 7.14. The van der Waals surface area contributed by atoms with Crippen LogP contribution in [0.5, 0.6) is 0 Å².